The Balaban J connectivity index is 2.51. The van der Waals surface area contributed by atoms with E-state index >= 15 is 0 Å². The lowest BCUT2D eigenvalue weighted by atomic mass is 10.3. The van der Waals surface area contributed by atoms with Crippen LogP contribution in [0.4, 0.5) is 5.95 Å². The summed E-state index contributed by atoms with van der Waals surface area (Å²) in [6.45, 7) is 1.96. The molecule has 0 aromatic carbocycles. The van der Waals surface area contributed by atoms with Gasteiger partial charge in [0.25, 0.3) is 0 Å². The second kappa shape index (κ2) is 3.16. The molecule has 0 atom stereocenters. The number of halogens is 1. The minimum atomic E-state index is 0.469. The molecule has 3 nitrogen and oxygen atoms in total. The molecule has 13 heavy (non-hydrogen) atoms. The molecule has 0 aliphatic carbocycles. The fourth-order valence-electron chi connectivity index (χ4n) is 1.17. The van der Waals surface area contributed by atoms with E-state index in [1.54, 1.807) is 11.3 Å². The Hall–Kier alpha value is -0.810. The van der Waals surface area contributed by atoms with Gasteiger partial charge in [-0.2, -0.15) is 0 Å². The van der Waals surface area contributed by atoms with Crippen LogP contribution in [-0.4, -0.2) is 9.97 Å². The van der Waals surface area contributed by atoms with Gasteiger partial charge in [0.15, 0.2) is 5.95 Å². The van der Waals surface area contributed by atoms with Crippen molar-refractivity contribution in [3.63, 3.8) is 0 Å². The zero-order chi connectivity index (χ0) is 9.42. The smallest absolute Gasteiger partial charge is 0.198 e. The van der Waals surface area contributed by atoms with Crippen molar-refractivity contribution in [1.29, 1.82) is 0 Å². The molecule has 3 N–H and O–H groups in total. The summed E-state index contributed by atoms with van der Waals surface area (Å²) in [4.78, 5) is 8.30. The van der Waals surface area contributed by atoms with E-state index in [-0.39, 0.29) is 0 Å². The van der Waals surface area contributed by atoms with Crippen LogP contribution in [0.2, 0.25) is 0 Å². The monoisotopic (exact) mass is 257 g/mol. The van der Waals surface area contributed by atoms with Crippen molar-refractivity contribution < 1.29 is 0 Å². The molecule has 0 saturated carbocycles. The highest BCUT2D eigenvalue weighted by atomic mass is 79.9. The first-order valence-electron chi connectivity index (χ1n) is 3.74. The molecule has 0 bridgehead atoms. The summed E-state index contributed by atoms with van der Waals surface area (Å²) in [7, 11) is 0. The standard InChI is InChI=1S/C8H8BrN3S/c1-4-7(12-8(10)11-4)5-2-3-6(9)13-5/h2-3H,1H3,(H3,10,11,12). The van der Waals surface area contributed by atoms with Crippen molar-refractivity contribution in [3.05, 3.63) is 21.6 Å². The van der Waals surface area contributed by atoms with Crippen molar-refractivity contribution in [3.8, 4) is 10.6 Å². The Morgan fingerprint density at radius 2 is 2.31 bits per heavy atom. The summed E-state index contributed by atoms with van der Waals surface area (Å²) in [6, 6.07) is 4.03. The summed E-state index contributed by atoms with van der Waals surface area (Å²) in [5.74, 6) is 0.469. The first-order chi connectivity index (χ1) is 6.16. The van der Waals surface area contributed by atoms with Crippen molar-refractivity contribution in [2.75, 3.05) is 5.73 Å². The summed E-state index contributed by atoms with van der Waals surface area (Å²) < 4.78 is 1.10. The van der Waals surface area contributed by atoms with Crippen LogP contribution in [0.5, 0.6) is 0 Å². The van der Waals surface area contributed by atoms with E-state index in [4.69, 9.17) is 5.73 Å². The van der Waals surface area contributed by atoms with Gasteiger partial charge in [0, 0.05) is 5.69 Å². The number of anilines is 1. The highest BCUT2D eigenvalue weighted by Crippen LogP contribution is 2.32. The maximum absolute atomic E-state index is 5.55. The van der Waals surface area contributed by atoms with Gasteiger partial charge in [0.1, 0.15) is 5.69 Å². The maximum Gasteiger partial charge on any atom is 0.198 e. The van der Waals surface area contributed by atoms with Crippen molar-refractivity contribution in [1.82, 2.24) is 9.97 Å². The van der Waals surface area contributed by atoms with Crippen LogP contribution in [-0.2, 0) is 0 Å². The molecule has 68 valence electrons. The lowest BCUT2D eigenvalue weighted by molar-refractivity contribution is 1.26. The topological polar surface area (TPSA) is 54.7 Å². The molecule has 0 spiro atoms. The van der Waals surface area contributed by atoms with Gasteiger partial charge in [-0.25, -0.2) is 4.98 Å². The van der Waals surface area contributed by atoms with Crippen molar-refractivity contribution in [2.24, 2.45) is 0 Å². The number of aromatic nitrogens is 2. The predicted octanol–water partition coefficient (Wildman–Crippen LogP) is 2.79. The Bertz CT molecular complexity index is 432. The van der Waals surface area contributed by atoms with Gasteiger partial charge in [-0.1, -0.05) is 0 Å². The van der Waals surface area contributed by atoms with Crippen LogP contribution < -0.4 is 5.73 Å². The maximum atomic E-state index is 5.55. The third-order valence-corrected chi connectivity index (χ3v) is 3.34. The quantitative estimate of drug-likeness (QED) is 0.826. The minimum Gasteiger partial charge on any atom is -0.369 e. The molecule has 0 saturated heterocycles. The number of hydrogen-bond acceptors (Lipinski definition) is 3. The van der Waals surface area contributed by atoms with Crippen LogP contribution >= 0.6 is 27.3 Å². The molecular formula is C8H8BrN3S. The number of nitrogens with zero attached hydrogens (tertiary/aromatic N) is 1. The molecule has 0 amide bonds. The third kappa shape index (κ3) is 1.62. The number of H-pyrrole nitrogens is 1. The van der Waals surface area contributed by atoms with E-state index in [0.29, 0.717) is 5.95 Å². The van der Waals surface area contributed by atoms with Crippen molar-refractivity contribution in [2.45, 2.75) is 6.92 Å². The molecular weight excluding hydrogens is 250 g/mol. The molecule has 0 aliphatic heterocycles. The number of nitrogens with one attached hydrogen (secondary N) is 1. The van der Waals surface area contributed by atoms with Crippen LogP contribution in [0, 0.1) is 6.92 Å². The fourth-order valence-corrected chi connectivity index (χ4v) is 2.60. The number of aromatic amines is 1. The second-order valence-electron chi connectivity index (χ2n) is 2.70. The number of hydrogen-bond donors (Lipinski definition) is 2. The van der Waals surface area contributed by atoms with E-state index in [1.165, 1.54) is 0 Å². The third-order valence-electron chi connectivity index (χ3n) is 1.71. The number of aryl methyl sites for hydroxylation is 1. The highest BCUT2D eigenvalue weighted by Gasteiger charge is 2.08. The lowest BCUT2D eigenvalue weighted by Gasteiger charge is -1.90. The molecule has 0 radical (unpaired) electrons. The zero-order valence-electron chi connectivity index (χ0n) is 6.97. The van der Waals surface area contributed by atoms with Crippen LogP contribution in [0.1, 0.15) is 5.69 Å². The first-order valence-corrected chi connectivity index (χ1v) is 5.35. The average Bonchev–Trinajstić information content (AvgIpc) is 2.58. The van der Waals surface area contributed by atoms with E-state index in [2.05, 4.69) is 25.9 Å². The lowest BCUT2D eigenvalue weighted by Crippen LogP contribution is -1.84. The van der Waals surface area contributed by atoms with Gasteiger partial charge in [-0.15, -0.1) is 11.3 Å². The summed E-state index contributed by atoms with van der Waals surface area (Å²) in [5, 5.41) is 0. The van der Waals surface area contributed by atoms with Gasteiger partial charge >= 0.3 is 0 Å². The summed E-state index contributed by atoms with van der Waals surface area (Å²) >= 11 is 5.06. The highest BCUT2D eigenvalue weighted by molar-refractivity contribution is 9.11. The molecule has 0 fully saturated rings. The van der Waals surface area contributed by atoms with E-state index < -0.39 is 0 Å². The average molecular weight is 258 g/mol. The molecule has 0 unspecified atom stereocenters. The largest absolute Gasteiger partial charge is 0.369 e. The molecule has 5 heteroatoms. The van der Waals surface area contributed by atoms with Gasteiger partial charge in [-0.05, 0) is 35.0 Å². The van der Waals surface area contributed by atoms with Crippen LogP contribution in [0.15, 0.2) is 15.9 Å². The van der Waals surface area contributed by atoms with Crippen molar-refractivity contribution >= 4 is 33.2 Å². The number of nitrogens with two attached hydrogens (primary N) is 1. The molecule has 2 aromatic heterocycles. The van der Waals surface area contributed by atoms with Gasteiger partial charge < -0.3 is 10.7 Å². The SMILES string of the molecule is Cc1[nH]c(N)nc1-c1ccc(Br)s1. The van der Waals surface area contributed by atoms with Gasteiger partial charge in [0.2, 0.25) is 0 Å². The first kappa shape index (κ1) is 8.77. The molecule has 2 rings (SSSR count). The summed E-state index contributed by atoms with van der Waals surface area (Å²) in [5.41, 5.74) is 7.49. The van der Waals surface area contributed by atoms with E-state index in [0.717, 1.165) is 20.1 Å². The van der Waals surface area contributed by atoms with Gasteiger partial charge in [0.05, 0.1) is 8.66 Å². The number of rotatable bonds is 1. The molecule has 2 heterocycles. The van der Waals surface area contributed by atoms with E-state index in [9.17, 15) is 0 Å². The number of nitrogen functional groups attached to an aromatic ring is 1. The van der Waals surface area contributed by atoms with Crippen LogP contribution in [0.3, 0.4) is 0 Å². The van der Waals surface area contributed by atoms with Gasteiger partial charge in [-0.3, -0.25) is 0 Å². The Kier molecular flexibility index (Phi) is 2.13. The molecule has 0 aliphatic rings. The number of imidazole rings is 1. The second-order valence-corrected chi connectivity index (χ2v) is 5.16. The molecule has 2 aromatic rings. The Morgan fingerprint density at radius 3 is 2.77 bits per heavy atom. The predicted molar refractivity (Wildman–Crippen MR) is 58.8 cm³/mol. The Labute approximate surface area is 88.1 Å². The Morgan fingerprint density at radius 1 is 1.54 bits per heavy atom. The minimum absolute atomic E-state index is 0.469. The summed E-state index contributed by atoms with van der Waals surface area (Å²) in [6.07, 6.45) is 0. The number of thiophene rings is 1. The normalized spacial score (nSPS) is 10.6. The zero-order valence-corrected chi connectivity index (χ0v) is 9.37. The van der Waals surface area contributed by atoms with E-state index in [1.807, 2.05) is 19.1 Å². The fraction of sp³-hybridized carbons (Fsp3) is 0.125. The van der Waals surface area contributed by atoms with Crippen LogP contribution in [0.25, 0.3) is 10.6 Å².